The molecule has 2 aliphatic heterocycles. The molecule has 0 saturated carbocycles. The summed E-state index contributed by atoms with van der Waals surface area (Å²) < 4.78 is 10.9. The van der Waals surface area contributed by atoms with Crippen LogP contribution < -0.4 is 9.47 Å². The Hall–Kier alpha value is -2.81. The van der Waals surface area contributed by atoms with E-state index in [9.17, 15) is 10.1 Å². The molecule has 8 nitrogen and oxygen atoms in total. The van der Waals surface area contributed by atoms with E-state index in [0.29, 0.717) is 11.8 Å². The molecule has 9 heteroatoms. The van der Waals surface area contributed by atoms with Gasteiger partial charge in [0.1, 0.15) is 11.8 Å². The van der Waals surface area contributed by atoms with Crippen molar-refractivity contribution in [3.8, 4) is 11.5 Å². The number of pyridine rings is 1. The van der Waals surface area contributed by atoms with Gasteiger partial charge in [-0.25, -0.2) is 0 Å². The van der Waals surface area contributed by atoms with Crippen molar-refractivity contribution in [2.45, 2.75) is 31.5 Å². The Balaban J connectivity index is 1.90. The zero-order valence-electron chi connectivity index (χ0n) is 16.4. The Morgan fingerprint density at radius 1 is 1.28 bits per heavy atom. The lowest BCUT2D eigenvalue weighted by Gasteiger charge is -2.32. The summed E-state index contributed by atoms with van der Waals surface area (Å²) in [5.74, 6) is 1.66. The van der Waals surface area contributed by atoms with E-state index in [1.807, 2.05) is 18.2 Å². The molecule has 3 heterocycles. The SMILES string of the molecule is CC[C@H]1CSC2=N[C@H](c3ccccn3)[C@@H](c3cc([N+](=O)[O-])c(OC)cc3OC)N21. The van der Waals surface area contributed by atoms with Crippen LogP contribution in [0, 0.1) is 10.1 Å². The van der Waals surface area contributed by atoms with Crippen LogP contribution in [0.25, 0.3) is 0 Å². The van der Waals surface area contributed by atoms with Crippen LogP contribution in [-0.4, -0.2) is 46.0 Å². The Morgan fingerprint density at radius 2 is 2.07 bits per heavy atom. The molecule has 1 aromatic carbocycles. The fourth-order valence-corrected chi connectivity index (χ4v) is 5.30. The van der Waals surface area contributed by atoms with E-state index in [0.717, 1.165) is 28.6 Å². The van der Waals surface area contributed by atoms with Crippen LogP contribution in [0.1, 0.15) is 36.7 Å². The summed E-state index contributed by atoms with van der Waals surface area (Å²) in [5, 5.41) is 12.6. The Bertz CT molecular complexity index is 953. The number of methoxy groups -OCH3 is 2. The highest BCUT2D eigenvalue weighted by molar-refractivity contribution is 8.14. The molecule has 1 saturated heterocycles. The summed E-state index contributed by atoms with van der Waals surface area (Å²) in [6, 6.07) is 8.68. The zero-order valence-corrected chi connectivity index (χ0v) is 17.3. The van der Waals surface area contributed by atoms with Crippen LogP contribution in [-0.2, 0) is 0 Å². The van der Waals surface area contributed by atoms with Gasteiger partial charge in [-0.3, -0.25) is 20.1 Å². The molecule has 1 fully saturated rings. The average Bonchev–Trinajstić information content (AvgIpc) is 3.32. The maximum absolute atomic E-state index is 11.7. The molecule has 0 radical (unpaired) electrons. The normalized spacial score (nSPS) is 22.9. The molecule has 0 N–H and O–H groups in total. The summed E-state index contributed by atoms with van der Waals surface area (Å²) in [7, 11) is 2.98. The Kier molecular flexibility index (Phi) is 5.31. The highest BCUT2D eigenvalue weighted by atomic mass is 32.2. The minimum atomic E-state index is -0.426. The maximum Gasteiger partial charge on any atom is 0.311 e. The van der Waals surface area contributed by atoms with Crippen LogP contribution in [0.15, 0.2) is 41.5 Å². The van der Waals surface area contributed by atoms with Crippen molar-refractivity contribution < 1.29 is 14.4 Å². The number of hydrogen-bond donors (Lipinski definition) is 0. The summed E-state index contributed by atoms with van der Waals surface area (Å²) >= 11 is 1.72. The van der Waals surface area contributed by atoms with Gasteiger partial charge in [0, 0.05) is 35.7 Å². The van der Waals surface area contributed by atoms with Gasteiger partial charge >= 0.3 is 5.69 Å². The number of thioether (sulfide) groups is 1. The highest BCUT2D eigenvalue weighted by Gasteiger charge is 2.47. The lowest BCUT2D eigenvalue weighted by atomic mass is 9.93. The predicted molar refractivity (Wildman–Crippen MR) is 112 cm³/mol. The molecule has 0 spiro atoms. The van der Waals surface area contributed by atoms with Crippen LogP contribution in [0.4, 0.5) is 5.69 Å². The van der Waals surface area contributed by atoms with E-state index in [-0.39, 0.29) is 23.5 Å². The number of amidine groups is 1. The fraction of sp³-hybridized carbons (Fsp3) is 0.400. The van der Waals surface area contributed by atoms with Gasteiger partial charge in [0.2, 0.25) is 5.75 Å². The van der Waals surface area contributed by atoms with Gasteiger partial charge in [0.15, 0.2) is 5.17 Å². The standard InChI is InChI=1S/C20H22N4O4S/c1-4-12-11-29-20-22-18(14-7-5-6-8-21-14)19(23(12)20)13-9-15(24(25)26)17(28-3)10-16(13)27-2/h5-10,12,18-19H,4,11H2,1-3H3/t12-,18+,19+/m0/s1. The molecule has 0 bridgehead atoms. The van der Waals surface area contributed by atoms with Gasteiger partial charge in [0.05, 0.1) is 30.9 Å². The second-order valence-corrected chi connectivity index (χ2v) is 7.85. The lowest BCUT2D eigenvalue weighted by Crippen LogP contribution is -2.35. The van der Waals surface area contributed by atoms with E-state index in [4.69, 9.17) is 14.5 Å². The lowest BCUT2D eigenvalue weighted by molar-refractivity contribution is -0.385. The summed E-state index contributed by atoms with van der Waals surface area (Å²) in [6.07, 6.45) is 2.70. The molecule has 0 amide bonds. The van der Waals surface area contributed by atoms with Crippen LogP contribution in [0.3, 0.4) is 0 Å². The number of ether oxygens (including phenoxy) is 2. The molecule has 2 aromatic rings. The largest absolute Gasteiger partial charge is 0.496 e. The zero-order chi connectivity index (χ0) is 20.5. The number of nitro benzene ring substituents is 1. The van der Waals surface area contributed by atoms with E-state index in [1.54, 1.807) is 37.2 Å². The molecule has 0 aliphatic carbocycles. The number of fused-ring (bicyclic) bond motifs is 1. The first-order valence-electron chi connectivity index (χ1n) is 9.39. The molecule has 29 heavy (non-hydrogen) atoms. The summed E-state index contributed by atoms with van der Waals surface area (Å²) in [6.45, 7) is 2.15. The van der Waals surface area contributed by atoms with Crippen molar-refractivity contribution in [2.75, 3.05) is 20.0 Å². The molecule has 2 aliphatic rings. The average molecular weight is 414 g/mol. The number of nitro groups is 1. The molecule has 152 valence electrons. The highest BCUT2D eigenvalue weighted by Crippen LogP contribution is 2.52. The van der Waals surface area contributed by atoms with E-state index in [2.05, 4.69) is 16.8 Å². The Morgan fingerprint density at radius 3 is 2.69 bits per heavy atom. The first kappa shape index (κ1) is 19.5. The minimum absolute atomic E-state index is 0.0866. The molecule has 1 aromatic heterocycles. The van der Waals surface area contributed by atoms with E-state index < -0.39 is 4.92 Å². The third kappa shape index (κ3) is 3.29. The fourth-order valence-electron chi connectivity index (χ4n) is 3.97. The summed E-state index contributed by atoms with van der Waals surface area (Å²) in [5.41, 5.74) is 1.46. The molecular formula is C20H22N4O4S. The first-order chi connectivity index (χ1) is 14.1. The van der Waals surface area contributed by atoms with Crippen LogP contribution in [0.5, 0.6) is 11.5 Å². The number of aliphatic imine (C=N–C) groups is 1. The maximum atomic E-state index is 11.7. The molecule has 0 unspecified atom stereocenters. The number of nitrogens with zero attached hydrogens (tertiary/aromatic N) is 4. The smallest absolute Gasteiger partial charge is 0.311 e. The Labute approximate surface area is 173 Å². The van der Waals surface area contributed by atoms with Crippen molar-refractivity contribution in [3.05, 3.63) is 57.9 Å². The second-order valence-electron chi connectivity index (χ2n) is 6.86. The number of aromatic nitrogens is 1. The quantitative estimate of drug-likeness (QED) is 0.521. The van der Waals surface area contributed by atoms with Gasteiger partial charge in [-0.15, -0.1) is 0 Å². The summed E-state index contributed by atoms with van der Waals surface area (Å²) in [4.78, 5) is 23.0. The van der Waals surface area contributed by atoms with E-state index in [1.165, 1.54) is 7.11 Å². The van der Waals surface area contributed by atoms with Gasteiger partial charge in [-0.2, -0.15) is 0 Å². The third-order valence-corrected chi connectivity index (χ3v) is 6.50. The monoisotopic (exact) mass is 414 g/mol. The van der Waals surface area contributed by atoms with Gasteiger partial charge in [0.25, 0.3) is 0 Å². The first-order valence-corrected chi connectivity index (χ1v) is 10.4. The van der Waals surface area contributed by atoms with Gasteiger partial charge in [-0.05, 0) is 18.6 Å². The number of benzene rings is 1. The molecule has 3 atom stereocenters. The van der Waals surface area contributed by atoms with Crippen molar-refractivity contribution in [1.82, 2.24) is 9.88 Å². The van der Waals surface area contributed by atoms with Crippen LogP contribution in [0.2, 0.25) is 0 Å². The van der Waals surface area contributed by atoms with Crippen molar-refractivity contribution in [1.29, 1.82) is 0 Å². The van der Waals surface area contributed by atoms with Gasteiger partial charge < -0.3 is 14.4 Å². The third-order valence-electron chi connectivity index (χ3n) is 5.38. The topological polar surface area (TPSA) is 90.1 Å². The number of hydrogen-bond acceptors (Lipinski definition) is 8. The minimum Gasteiger partial charge on any atom is -0.496 e. The van der Waals surface area contributed by atoms with Crippen LogP contribution >= 0.6 is 11.8 Å². The number of rotatable bonds is 6. The van der Waals surface area contributed by atoms with Crippen molar-refractivity contribution in [2.24, 2.45) is 4.99 Å². The molecular weight excluding hydrogens is 392 g/mol. The second kappa shape index (κ2) is 7.90. The van der Waals surface area contributed by atoms with Crippen molar-refractivity contribution in [3.63, 3.8) is 0 Å². The van der Waals surface area contributed by atoms with E-state index >= 15 is 0 Å². The molecule has 4 rings (SSSR count). The van der Waals surface area contributed by atoms with Crippen molar-refractivity contribution >= 4 is 22.6 Å². The predicted octanol–water partition coefficient (Wildman–Crippen LogP) is 3.99. The van der Waals surface area contributed by atoms with Gasteiger partial charge in [-0.1, -0.05) is 24.8 Å².